The lowest BCUT2D eigenvalue weighted by Crippen LogP contribution is -2.12. The minimum absolute atomic E-state index is 0.299. The highest BCUT2D eigenvalue weighted by atomic mass is 16.5. The van der Waals surface area contributed by atoms with E-state index in [1.807, 2.05) is 0 Å². The third kappa shape index (κ3) is 4.01. The molecule has 0 fully saturated rings. The summed E-state index contributed by atoms with van der Waals surface area (Å²) in [6.45, 7) is 0. The van der Waals surface area contributed by atoms with E-state index in [-0.39, 0.29) is 5.91 Å². The lowest BCUT2D eigenvalue weighted by atomic mass is 10.1. The Morgan fingerprint density at radius 3 is 2.29 bits per heavy atom. The smallest absolute Gasteiger partial charge is 0.273 e. The summed E-state index contributed by atoms with van der Waals surface area (Å²) in [5.41, 5.74) is 2.95. The molecule has 0 unspecified atom stereocenters. The maximum atomic E-state index is 12.6. The van der Waals surface area contributed by atoms with E-state index in [1.165, 1.54) is 32.3 Å². The van der Waals surface area contributed by atoms with Crippen molar-refractivity contribution in [3.05, 3.63) is 54.5 Å². The minimum Gasteiger partial charge on any atom is -0.493 e. The second-order valence-corrected chi connectivity index (χ2v) is 6.34. The van der Waals surface area contributed by atoms with Gasteiger partial charge < -0.3 is 19.5 Å². The van der Waals surface area contributed by atoms with Gasteiger partial charge in [0.2, 0.25) is 5.75 Å². The van der Waals surface area contributed by atoms with Crippen LogP contribution in [0.2, 0.25) is 0 Å². The Hall–Kier alpha value is -4.41. The molecule has 31 heavy (non-hydrogen) atoms. The number of rotatable bonds is 7. The summed E-state index contributed by atoms with van der Waals surface area (Å²) in [7, 11) is 4.61. The number of ether oxygens (including phenoxy) is 3. The molecular formula is C20H19N7O4. The summed E-state index contributed by atoms with van der Waals surface area (Å²) >= 11 is 0. The predicted octanol–water partition coefficient (Wildman–Crippen LogP) is 2.33. The van der Waals surface area contributed by atoms with Crippen LogP contribution in [0.3, 0.4) is 0 Å². The Morgan fingerprint density at radius 2 is 1.71 bits per heavy atom. The van der Waals surface area contributed by atoms with Crippen molar-refractivity contribution in [2.24, 2.45) is 0 Å². The first-order valence-electron chi connectivity index (χ1n) is 9.13. The van der Waals surface area contributed by atoms with Crippen LogP contribution in [0.4, 0.5) is 5.69 Å². The van der Waals surface area contributed by atoms with Gasteiger partial charge in [0.25, 0.3) is 5.91 Å². The number of methoxy groups -OCH3 is 3. The third-order valence-electron chi connectivity index (χ3n) is 4.52. The number of nitrogens with zero attached hydrogens (tertiary/aromatic N) is 5. The van der Waals surface area contributed by atoms with Gasteiger partial charge in [0.05, 0.1) is 32.7 Å². The zero-order valence-electron chi connectivity index (χ0n) is 17.0. The number of anilines is 1. The average molecular weight is 421 g/mol. The zero-order valence-corrected chi connectivity index (χ0v) is 17.0. The van der Waals surface area contributed by atoms with Crippen LogP contribution >= 0.6 is 0 Å². The normalized spacial score (nSPS) is 10.5. The summed E-state index contributed by atoms with van der Waals surface area (Å²) in [5.74, 6) is 1.13. The third-order valence-corrected chi connectivity index (χ3v) is 4.52. The second kappa shape index (κ2) is 8.53. The first-order chi connectivity index (χ1) is 15.1. The summed E-state index contributed by atoms with van der Waals surface area (Å²) in [6.07, 6.45) is 1.49. The summed E-state index contributed by atoms with van der Waals surface area (Å²) in [5, 5.41) is 20.8. The molecule has 2 N–H and O–H groups in total. The molecule has 0 saturated carbocycles. The highest BCUT2D eigenvalue weighted by Crippen LogP contribution is 2.40. The standard InChI is InChI=1S/C20H19N7O4/c1-29-17-8-12(9-18(30-2)19(17)31-3)15-10-16(24-23-15)20(28)22-13-4-6-14(7-5-13)27-11-21-25-26-27/h4-11H,1-3H3,(H,22,28)(H,23,24). The molecule has 0 aliphatic carbocycles. The van der Waals surface area contributed by atoms with Gasteiger partial charge in [-0.2, -0.15) is 5.10 Å². The maximum Gasteiger partial charge on any atom is 0.273 e. The number of nitrogens with one attached hydrogen (secondary N) is 2. The number of amides is 1. The Morgan fingerprint density at radius 1 is 1.00 bits per heavy atom. The van der Waals surface area contributed by atoms with Gasteiger partial charge in [0.1, 0.15) is 12.0 Å². The Bertz CT molecular complexity index is 1160. The molecule has 0 saturated heterocycles. The number of tetrazole rings is 1. The number of carbonyl (C=O) groups excluding carboxylic acids is 1. The first kappa shape index (κ1) is 19.9. The number of carbonyl (C=O) groups is 1. The quantitative estimate of drug-likeness (QED) is 0.465. The first-order valence-corrected chi connectivity index (χ1v) is 9.13. The molecule has 11 heteroatoms. The van der Waals surface area contributed by atoms with Crippen LogP contribution in [0.1, 0.15) is 10.5 Å². The molecule has 158 valence electrons. The van der Waals surface area contributed by atoms with E-state index in [1.54, 1.807) is 42.5 Å². The van der Waals surface area contributed by atoms with Crippen LogP contribution in [0.15, 0.2) is 48.8 Å². The van der Waals surface area contributed by atoms with Gasteiger partial charge in [-0.3, -0.25) is 9.89 Å². The largest absolute Gasteiger partial charge is 0.493 e. The van der Waals surface area contributed by atoms with Gasteiger partial charge in [0, 0.05) is 11.3 Å². The van der Waals surface area contributed by atoms with Gasteiger partial charge in [-0.15, -0.1) is 5.10 Å². The fourth-order valence-corrected chi connectivity index (χ4v) is 2.99. The zero-order chi connectivity index (χ0) is 21.8. The summed E-state index contributed by atoms with van der Waals surface area (Å²) in [4.78, 5) is 12.6. The van der Waals surface area contributed by atoms with Crippen LogP contribution in [0, 0.1) is 0 Å². The van der Waals surface area contributed by atoms with Crippen LogP contribution in [0.5, 0.6) is 17.2 Å². The number of aromatic nitrogens is 6. The Kier molecular flexibility index (Phi) is 5.47. The Balaban J connectivity index is 1.53. The lowest BCUT2D eigenvalue weighted by Gasteiger charge is -2.13. The summed E-state index contributed by atoms with van der Waals surface area (Å²) in [6, 6.07) is 12.3. The number of benzene rings is 2. The minimum atomic E-state index is -0.332. The predicted molar refractivity (Wildman–Crippen MR) is 111 cm³/mol. The summed E-state index contributed by atoms with van der Waals surface area (Å²) < 4.78 is 17.6. The van der Waals surface area contributed by atoms with Crippen molar-refractivity contribution >= 4 is 11.6 Å². The van der Waals surface area contributed by atoms with Gasteiger partial charge in [-0.05, 0) is 52.9 Å². The molecule has 11 nitrogen and oxygen atoms in total. The molecule has 4 aromatic rings. The van der Waals surface area contributed by atoms with Crippen molar-refractivity contribution in [1.29, 1.82) is 0 Å². The van der Waals surface area contributed by atoms with Crippen LogP contribution in [-0.2, 0) is 0 Å². The Labute approximate surface area is 176 Å². The van der Waals surface area contributed by atoms with Crippen molar-refractivity contribution in [2.45, 2.75) is 0 Å². The highest BCUT2D eigenvalue weighted by molar-refractivity contribution is 6.03. The number of aromatic amines is 1. The van der Waals surface area contributed by atoms with Gasteiger partial charge in [-0.1, -0.05) is 0 Å². The molecule has 2 aromatic carbocycles. The van der Waals surface area contributed by atoms with Crippen molar-refractivity contribution < 1.29 is 19.0 Å². The molecule has 4 rings (SSSR count). The molecule has 0 aliphatic heterocycles. The molecular weight excluding hydrogens is 402 g/mol. The lowest BCUT2D eigenvalue weighted by molar-refractivity contribution is 0.102. The molecule has 0 radical (unpaired) electrons. The van der Waals surface area contributed by atoms with Gasteiger partial charge in [-0.25, -0.2) is 4.68 Å². The topological polar surface area (TPSA) is 129 Å². The fraction of sp³-hybridized carbons (Fsp3) is 0.150. The number of hydrogen-bond acceptors (Lipinski definition) is 8. The SMILES string of the molecule is COc1cc(-c2cc(C(=O)Nc3ccc(-n4cnnn4)cc3)[nH]n2)cc(OC)c1OC. The van der Waals surface area contributed by atoms with E-state index < -0.39 is 0 Å². The van der Waals surface area contributed by atoms with Crippen molar-refractivity contribution in [3.63, 3.8) is 0 Å². The fourth-order valence-electron chi connectivity index (χ4n) is 2.99. The van der Waals surface area contributed by atoms with E-state index in [0.29, 0.717) is 39.9 Å². The van der Waals surface area contributed by atoms with Crippen molar-refractivity contribution in [3.8, 4) is 34.2 Å². The monoisotopic (exact) mass is 421 g/mol. The van der Waals surface area contributed by atoms with Gasteiger partial charge >= 0.3 is 0 Å². The van der Waals surface area contributed by atoms with Crippen molar-refractivity contribution in [1.82, 2.24) is 30.4 Å². The highest BCUT2D eigenvalue weighted by Gasteiger charge is 2.17. The number of hydrogen-bond donors (Lipinski definition) is 2. The van der Waals surface area contributed by atoms with E-state index in [9.17, 15) is 4.79 Å². The maximum absolute atomic E-state index is 12.6. The van der Waals surface area contributed by atoms with Gasteiger partial charge in [0.15, 0.2) is 11.5 Å². The molecule has 1 amide bonds. The molecule has 0 atom stereocenters. The molecule has 2 aromatic heterocycles. The van der Waals surface area contributed by atoms with Crippen LogP contribution in [0.25, 0.3) is 16.9 Å². The molecule has 2 heterocycles. The van der Waals surface area contributed by atoms with Crippen LogP contribution in [-0.4, -0.2) is 57.6 Å². The van der Waals surface area contributed by atoms with E-state index in [4.69, 9.17) is 14.2 Å². The van der Waals surface area contributed by atoms with E-state index >= 15 is 0 Å². The van der Waals surface area contributed by atoms with E-state index in [2.05, 4.69) is 31.0 Å². The molecule has 0 bridgehead atoms. The molecule has 0 spiro atoms. The second-order valence-electron chi connectivity index (χ2n) is 6.34. The van der Waals surface area contributed by atoms with Crippen molar-refractivity contribution in [2.75, 3.05) is 26.6 Å². The molecule has 0 aliphatic rings. The van der Waals surface area contributed by atoms with Crippen LogP contribution < -0.4 is 19.5 Å². The van der Waals surface area contributed by atoms with E-state index in [0.717, 1.165) is 5.69 Å². The number of H-pyrrole nitrogens is 1. The average Bonchev–Trinajstić information content (AvgIpc) is 3.51.